The monoisotopic (exact) mass is 334 g/mol. The van der Waals surface area contributed by atoms with Crippen LogP contribution in [0.5, 0.6) is 0 Å². The molecule has 1 aromatic carbocycles. The molecule has 0 aromatic heterocycles. The number of carbonyl (C=O) groups is 1. The summed E-state index contributed by atoms with van der Waals surface area (Å²) in [5.74, 6) is 0.286. The molecule has 0 unspecified atom stereocenters. The molecule has 1 heterocycles. The molecule has 0 radical (unpaired) electrons. The minimum absolute atomic E-state index is 0.0760. The van der Waals surface area contributed by atoms with E-state index in [0.29, 0.717) is 23.7 Å². The van der Waals surface area contributed by atoms with Crippen molar-refractivity contribution in [2.75, 3.05) is 36.9 Å². The second-order valence-corrected chi connectivity index (χ2v) is 6.34. The van der Waals surface area contributed by atoms with Gasteiger partial charge < -0.3 is 15.5 Å². The van der Waals surface area contributed by atoms with Crippen LogP contribution in [0.2, 0.25) is 0 Å². The summed E-state index contributed by atoms with van der Waals surface area (Å²) in [5.41, 5.74) is 1.50. The van der Waals surface area contributed by atoms with Gasteiger partial charge in [-0.1, -0.05) is 13.8 Å². The lowest BCUT2D eigenvalue weighted by atomic mass is 9.98. The van der Waals surface area contributed by atoms with Crippen molar-refractivity contribution >= 4 is 23.0 Å². The van der Waals surface area contributed by atoms with Crippen LogP contribution in [0.15, 0.2) is 12.1 Å². The molecule has 132 valence electrons. The number of nitrogens with one attached hydrogen (secondary N) is 2. The number of nitro benzene ring substituents is 1. The number of hydrogen-bond acceptors (Lipinski definition) is 5. The highest BCUT2D eigenvalue weighted by Crippen LogP contribution is 2.35. The van der Waals surface area contributed by atoms with Gasteiger partial charge in [0.1, 0.15) is 5.69 Å². The van der Waals surface area contributed by atoms with Crippen LogP contribution in [-0.4, -0.2) is 37.5 Å². The summed E-state index contributed by atoms with van der Waals surface area (Å²) in [6.07, 6.45) is 3.04. The SMILES string of the molecule is CCCNC(=O)c1cc([N+](=O)[O-])c(NC)cc1N1CCC[C@H](C)C1. The molecule has 1 atom stereocenters. The van der Waals surface area contributed by atoms with Gasteiger partial charge in [0.25, 0.3) is 11.6 Å². The third-order valence-electron chi connectivity index (χ3n) is 4.36. The van der Waals surface area contributed by atoms with Crippen molar-refractivity contribution in [3.63, 3.8) is 0 Å². The first-order valence-corrected chi connectivity index (χ1v) is 8.51. The lowest BCUT2D eigenvalue weighted by molar-refractivity contribution is -0.383. The predicted octanol–water partition coefficient (Wildman–Crippen LogP) is 3.01. The van der Waals surface area contributed by atoms with E-state index in [1.165, 1.54) is 12.5 Å². The Hall–Kier alpha value is -2.31. The molecular formula is C17H26N4O3. The van der Waals surface area contributed by atoms with Gasteiger partial charge in [0, 0.05) is 32.7 Å². The third kappa shape index (κ3) is 3.96. The molecule has 0 aliphatic carbocycles. The molecular weight excluding hydrogens is 308 g/mol. The molecule has 1 aliphatic heterocycles. The fourth-order valence-electron chi connectivity index (χ4n) is 3.11. The zero-order valence-electron chi connectivity index (χ0n) is 14.6. The van der Waals surface area contributed by atoms with Gasteiger partial charge in [-0.25, -0.2) is 0 Å². The van der Waals surface area contributed by atoms with Crippen LogP contribution < -0.4 is 15.5 Å². The number of amides is 1. The van der Waals surface area contributed by atoms with Gasteiger partial charge in [-0.3, -0.25) is 14.9 Å². The number of carbonyl (C=O) groups excluding carboxylic acids is 1. The first-order valence-electron chi connectivity index (χ1n) is 8.51. The van der Waals surface area contributed by atoms with E-state index >= 15 is 0 Å². The highest BCUT2D eigenvalue weighted by Gasteiger charge is 2.26. The molecule has 2 rings (SSSR count). The molecule has 1 aromatic rings. The first-order chi connectivity index (χ1) is 11.5. The summed E-state index contributed by atoms with van der Waals surface area (Å²) in [6.45, 7) is 6.43. The summed E-state index contributed by atoms with van der Waals surface area (Å²) in [4.78, 5) is 25.6. The first kappa shape index (κ1) is 18.0. The van der Waals surface area contributed by atoms with Crippen LogP contribution >= 0.6 is 0 Å². The van der Waals surface area contributed by atoms with E-state index in [-0.39, 0.29) is 11.6 Å². The Labute approximate surface area is 142 Å². The molecule has 1 aliphatic rings. The van der Waals surface area contributed by atoms with E-state index in [1.807, 2.05) is 6.92 Å². The number of nitrogens with zero attached hydrogens (tertiary/aromatic N) is 2. The van der Waals surface area contributed by atoms with Crippen molar-refractivity contribution in [3.05, 3.63) is 27.8 Å². The Morgan fingerprint density at radius 1 is 1.46 bits per heavy atom. The van der Waals surface area contributed by atoms with Crippen LogP contribution in [0.1, 0.15) is 43.5 Å². The van der Waals surface area contributed by atoms with E-state index in [9.17, 15) is 14.9 Å². The zero-order valence-corrected chi connectivity index (χ0v) is 14.6. The van der Waals surface area contributed by atoms with Gasteiger partial charge in [-0.2, -0.15) is 0 Å². The number of piperidine rings is 1. The Morgan fingerprint density at radius 2 is 2.21 bits per heavy atom. The molecule has 1 fully saturated rings. The van der Waals surface area contributed by atoms with Gasteiger partial charge >= 0.3 is 0 Å². The molecule has 2 N–H and O–H groups in total. The molecule has 0 bridgehead atoms. The van der Waals surface area contributed by atoms with Crippen molar-refractivity contribution in [3.8, 4) is 0 Å². The summed E-state index contributed by atoms with van der Waals surface area (Å²) >= 11 is 0. The number of anilines is 2. The van der Waals surface area contributed by atoms with Crippen molar-refractivity contribution < 1.29 is 9.72 Å². The maximum absolute atomic E-state index is 12.5. The normalized spacial score (nSPS) is 17.5. The van der Waals surface area contributed by atoms with Gasteiger partial charge in [-0.05, 0) is 31.2 Å². The molecule has 7 heteroatoms. The number of benzene rings is 1. The van der Waals surface area contributed by atoms with E-state index in [4.69, 9.17) is 0 Å². The van der Waals surface area contributed by atoms with Crippen molar-refractivity contribution in [2.24, 2.45) is 5.92 Å². The van der Waals surface area contributed by atoms with Crippen molar-refractivity contribution in [1.29, 1.82) is 0 Å². The second kappa shape index (κ2) is 7.99. The van der Waals surface area contributed by atoms with Crippen LogP contribution in [-0.2, 0) is 0 Å². The zero-order chi connectivity index (χ0) is 17.7. The molecule has 1 amide bonds. The Morgan fingerprint density at radius 3 is 2.79 bits per heavy atom. The van der Waals surface area contributed by atoms with Gasteiger partial charge in [-0.15, -0.1) is 0 Å². The lowest BCUT2D eigenvalue weighted by Crippen LogP contribution is -2.36. The topological polar surface area (TPSA) is 87.5 Å². The standard InChI is InChI=1S/C17H26N4O3/c1-4-7-19-17(22)13-9-16(21(23)24)14(18-3)10-15(13)20-8-5-6-12(2)11-20/h9-10,12,18H,4-8,11H2,1-3H3,(H,19,22)/t12-/m0/s1. The lowest BCUT2D eigenvalue weighted by Gasteiger charge is -2.34. The van der Waals surface area contributed by atoms with Gasteiger partial charge in [0.15, 0.2) is 0 Å². The van der Waals surface area contributed by atoms with E-state index in [2.05, 4.69) is 22.5 Å². The van der Waals surface area contributed by atoms with Crippen LogP contribution in [0, 0.1) is 16.0 Å². The van der Waals surface area contributed by atoms with E-state index < -0.39 is 4.92 Å². The summed E-state index contributed by atoms with van der Waals surface area (Å²) in [6, 6.07) is 3.13. The van der Waals surface area contributed by atoms with Gasteiger partial charge in [0.05, 0.1) is 16.2 Å². The number of nitro groups is 1. The number of rotatable bonds is 6. The Kier molecular flexibility index (Phi) is 6.00. The predicted molar refractivity (Wildman–Crippen MR) is 95.9 cm³/mol. The number of hydrogen-bond donors (Lipinski definition) is 2. The third-order valence-corrected chi connectivity index (χ3v) is 4.36. The highest BCUT2D eigenvalue weighted by atomic mass is 16.6. The summed E-state index contributed by atoms with van der Waals surface area (Å²) in [7, 11) is 1.65. The average Bonchev–Trinajstić information content (AvgIpc) is 2.58. The maximum Gasteiger partial charge on any atom is 0.293 e. The smallest absolute Gasteiger partial charge is 0.293 e. The molecule has 0 spiro atoms. The fourth-order valence-corrected chi connectivity index (χ4v) is 3.11. The fraction of sp³-hybridized carbons (Fsp3) is 0.588. The van der Waals surface area contributed by atoms with Crippen molar-refractivity contribution in [2.45, 2.75) is 33.1 Å². The molecule has 0 saturated carbocycles. The van der Waals surface area contributed by atoms with E-state index in [0.717, 1.165) is 31.6 Å². The average molecular weight is 334 g/mol. The van der Waals surface area contributed by atoms with E-state index in [1.54, 1.807) is 13.1 Å². The van der Waals surface area contributed by atoms with Crippen LogP contribution in [0.4, 0.5) is 17.1 Å². The molecule has 7 nitrogen and oxygen atoms in total. The minimum Gasteiger partial charge on any atom is -0.383 e. The Bertz CT molecular complexity index is 618. The maximum atomic E-state index is 12.5. The van der Waals surface area contributed by atoms with Crippen LogP contribution in [0.3, 0.4) is 0 Å². The molecule has 24 heavy (non-hydrogen) atoms. The minimum atomic E-state index is -0.453. The quantitative estimate of drug-likeness (QED) is 0.617. The van der Waals surface area contributed by atoms with Gasteiger partial charge in [0.2, 0.25) is 0 Å². The van der Waals surface area contributed by atoms with Crippen LogP contribution in [0.25, 0.3) is 0 Å². The summed E-state index contributed by atoms with van der Waals surface area (Å²) < 4.78 is 0. The Balaban J connectivity index is 2.48. The highest BCUT2D eigenvalue weighted by molar-refractivity contribution is 6.02. The van der Waals surface area contributed by atoms with Crippen molar-refractivity contribution in [1.82, 2.24) is 5.32 Å². The largest absolute Gasteiger partial charge is 0.383 e. The molecule has 1 saturated heterocycles. The summed E-state index contributed by atoms with van der Waals surface area (Å²) in [5, 5.41) is 17.0. The second-order valence-electron chi connectivity index (χ2n) is 6.34.